The lowest BCUT2D eigenvalue weighted by atomic mass is 9.92. The zero-order valence-corrected chi connectivity index (χ0v) is 14.5. The number of aryl methyl sites for hydroxylation is 1. The van der Waals surface area contributed by atoms with Gasteiger partial charge in [-0.2, -0.15) is 0 Å². The average molecular weight is 326 g/mol. The Hall–Kier alpha value is -2.29. The van der Waals surface area contributed by atoms with Crippen molar-refractivity contribution in [3.8, 4) is 11.5 Å². The fraction of sp³-hybridized carbons (Fsp3) is 0.381. The average Bonchev–Trinajstić information content (AvgIpc) is 2.61. The maximum Gasteiger partial charge on any atom is 0.196 e. The smallest absolute Gasteiger partial charge is 0.196 e. The van der Waals surface area contributed by atoms with Crippen LogP contribution in [0.25, 0.3) is 0 Å². The van der Waals surface area contributed by atoms with Crippen LogP contribution in [-0.2, 0) is 12.8 Å². The lowest BCUT2D eigenvalue weighted by Gasteiger charge is -2.15. The summed E-state index contributed by atoms with van der Waals surface area (Å²) >= 11 is 0. The summed E-state index contributed by atoms with van der Waals surface area (Å²) in [5.41, 5.74) is 2.09. The maximum atomic E-state index is 12.8. The molecule has 0 spiro atoms. The molecule has 3 nitrogen and oxygen atoms in total. The summed E-state index contributed by atoms with van der Waals surface area (Å²) in [7, 11) is 0. The summed E-state index contributed by atoms with van der Waals surface area (Å²) in [6.07, 6.45) is 5.04. The highest BCUT2D eigenvalue weighted by Crippen LogP contribution is 2.37. The van der Waals surface area contributed by atoms with Crippen molar-refractivity contribution in [1.29, 1.82) is 0 Å². The second-order valence-corrected chi connectivity index (χ2v) is 6.16. The largest absolute Gasteiger partial charge is 0.507 e. The minimum atomic E-state index is -0.205. The summed E-state index contributed by atoms with van der Waals surface area (Å²) in [6.45, 7) is 4.15. The van der Waals surface area contributed by atoms with Crippen molar-refractivity contribution in [3.05, 3.63) is 58.7 Å². The van der Waals surface area contributed by atoms with Crippen LogP contribution in [0.3, 0.4) is 0 Å². The molecule has 0 aliphatic heterocycles. The topological polar surface area (TPSA) is 57.5 Å². The van der Waals surface area contributed by atoms with Gasteiger partial charge in [-0.3, -0.25) is 4.79 Å². The maximum absolute atomic E-state index is 12.8. The van der Waals surface area contributed by atoms with Crippen molar-refractivity contribution in [3.63, 3.8) is 0 Å². The molecule has 0 saturated heterocycles. The number of rotatable bonds is 8. The van der Waals surface area contributed by atoms with Gasteiger partial charge in [0.1, 0.15) is 11.5 Å². The fourth-order valence-corrected chi connectivity index (χ4v) is 2.85. The minimum absolute atomic E-state index is 0.0740. The van der Waals surface area contributed by atoms with E-state index in [1.807, 2.05) is 6.07 Å². The van der Waals surface area contributed by atoms with E-state index in [-0.39, 0.29) is 22.8 Å². The van der Waals surface area contributed by atoms with Crippen molar-refractivity contribution in [2.75, 3.05) is 0 Å². The second kappa shape index (κ2) is 8.53. The first-order valence-corrected chi connectivity index (χ1v) is 8.76. The van der Waals surface area contributed by atoms with Gasteiger partial charge >= 0.3 is 0 Å². The molecule has 0 atom stereocenters. The molecule has 0 saturated carbocycles. The quantitative estimate of drug-likeness (QED) is 0.670. The van der Waals surface area contributed by atoms with E-state index in [9.17, 15) is 15.0 Å². The Kier molecular flexibility index (Phi) is 6.42. The molecule has 0 aliphatic rings. The summed E-state index contributed by atoms with van der Waals surface area (Å²) in [5.74, 6) is -0.127. The van der Waals surface area contributed by atoms with Crippen LogP contribution in [0, 0.1) is 0 Å². The summed E-state index contributed by atoms with van der Waals surface area (Å²) in [6, 6.07) is 10.6. The monoisotopic (exact) mass is 326 g/mol. The van der Waals surface area contributed by atoms with Gasteiger partial charge in [0.2, 0.25) is 0 Å². The van der Waals surface area contributed by atoms with E-state index < -0.39 is 0 Å². The number of hydrogen-bond donors (Lipinski definition) is 2. The van der Waals surface area contributed by atoms with E-state index in [0.29, 0.717) is 24.0 Å². The van der Waals surface area contributed by atoms with Gasteiger partial charge in [-0.25, -0.2) is 0 Å². The van der Waals surface area contributed by atoms with E-state index in [1.165, 1.54) is 0 Å². The zero-order valence-electron chi connectivity index (χ0n) is 14.5. The summed E-state index contributed by atoms with van der Waals surface area (Å²) < 4.78 is 0. The highest BCUT2D eigenvalue weighted by molar-refractivity contribution is 6.11. The lowest BCUT2D eigenvalue weighted by Crippen LogP contribution is -2.05. The standard InChI is InChI=1S/C21H26O3/c1-3-5-10-16-14-18(19(22)15-11-8-7-9-12-15)21(24)17(20(16)23)13-6-4-2/h7-9,11-12,14,23-24H,3-6,10,13H2,1-2H3. The highest BCUT2D eigenvalue weighted by atomic mass is 16.3. The van der Waals surface area contributed by atoms with E-state index >= 15 is 0 Å². The Labute approximate surface area is 144 Å². The fourth-order valence-electron chi connectivity index (χ4n) is 2.85. The Morgan fingerprint density at radius 3 is 2.17 bits per heavy atom. The Morgan fingerprint density at radius 2 is 1.54 bits per heavy atom. The Balaban J connectivity index is 2.51. The van der Waals surface area contributed by atoms with Crippen LogP contribution in [-0.4, -0.2) is 16.0 Å². The van der Waals surface area contributed by atoms with E-state index in [4.69, 9.17) is 0 Å². The van der Waals surface area contributed by atoms with Crippen molar-refractivity contribution in [2.45, 2.75) is 52.4 Å². The lowest BCUT2D eigenvalue weighted by molar-refractivity contribution is 0.103. The van der Waals surface area contributed by atoms with Crippen molar-refractivity contribution in [1.82, 2.24) is 0 Å². The third kappa shape index (κ3) is 3.97. The van der Waals surface area contributed by atoms with Gasteiger partial charge in [0, 0.05) is 11.1 Å². The molecule has 24 heavy (non-hydrogen) atoms. The number of ketones is 1. The van der Waals surface area contributed by atoms with Gasteiger partial charge in [0.05, 0.1) is 5.56 Å². The zero-order chi connectivity index (χ0) is 17.5. The van der Waals surface area contributed by atoms with Crippen LogP contribution >= 0.6 is 0 Å². The van der Waals surface area contributed by atoms with Gasteiger partial charge in [-0.15, -0.1) is 0 Å². The van der Waals surface area contributed by atoms with Crippen LogP contribution in [0.15, 0.2) is 36.4 Å². The molecule has 0 amide bonds. The molecule has 2 N–H and O–H groups in total. The number of benzene rings is 2. The van der Waals surface area contributed by atoms with Gasteiger partial charge in [0.15, 0.2) is 5.78 Å². The molecule has 0 heterocycles. The summed E-state index contributed by atoms with van der Waals surface area (Å²) in [4.78, 5) is 12.8. The van der Waals surface area contributed by atoms with Crippen LogP contribution in [0.4, 0.5) is 0 Å². The Bertz CT molecular complexity index is 690. The van der Waals surface area contributed by atoms with E-state index in [2.05, 4.69) is 13.8 Å². The molecule has 0 aliphatic carbocycles. The first-order chi connectivity index (χ1) is 11.6. The van der Waals surface area contributed by atoms with Crippen molar-refractivity contribution < 1.29 is 15.0 Å². The van der Waals surface area contributed by atoms with Crippen LogP contribution in [0.5, 0.6) is 11.5 Å². The van der Waals surface area contributed by atoms with Gasteiger partial charge in [-0.05, 0) is 37.3 Å². The van der Waals surface area contributed by atoms with Gasteiger partial charge in [-0.1, -0.05) is 57.0 Å². The van der Waals surface area contributed by atoms with Crippen LogP contribution in [0.2, 0.25) is 0 Å². The summed E-state index contributed by atoms with van der Waals surface area (Å²) in [5, 5.41) is 21.1. The molecule has 0 aromatic heterocycles. The second-order valence-electron chi connectivity index (χ2n) is 6.16. The van der Waals surface area contributed by atoms with Gasteiger partial charge < -0.3 is 10.2 Å². The van der Waals surface area contributed by atoms with E-state index in [1.54, 1.807) is 30.3 Å². The number of aromatic hydroxyl groups is 2. The highest BCUT2D eigenvalue weighted by Gasteiger charge is 2.21. The van der Waals surface area contributed by atoms with Crippen molar-refractivity contribution in [2.24, 2.45) is 0 Å². The third-order valence-electron chi connectivity index (χ3n) is 4.31. The molecule has 2 rings (SSSR count). The molecule has 0 radical (unpaired) electrons. The predicted molar refractivity (Wildman–Crippen MR) is 96.9 cm³/mol. The number of unbranched alkanes of at least 4 members (excludes halogenated alkanes) is 2. The first kappa shape index (κ1) is 18.1. The predicted octanol–water partition coefficient (Wildman–Crippen LogP) is 5.01. The molecule has 2 aromatic rings. The number of carbonyl (C=O) groups is 1. The molecule has 0 bridgehead atoms. The SMILES string of the molecule is CCCCc1cc(C(=O)c2ccccc2)c(O)c(CCCC)c1O. The van der Waals surface area contributed by atoms with Crippen molar-refractivity contribution >= 4 is 5.78 Å². The van der Waals surface area contributed by atoms with Gasteiger partial charge in [0.25, 0.3) is 0 Å². The van der Waals surface area contributed by atoms with Crippen LogP contribution < -0.4 is 0 Å². The number of hydrogen-bond acceptors (Lipinski definition) is 3. The Morgan fingerprint density at radius 1 is 0.917 bits per heavy atom. The molecule has 0 unspecified atom stereocenters. The number of phenols is 2. The number of phenolic OH excluding ortho intramolecular Hbond substituents is 2. The minimum Gasteiger partial charge on any atom is -0.507 e. The molecule has 3 heteroatoms. The van der Waals surface area contributed by atoms with E-state index in [0.717, 1.165) is 31.2 Å². The molecule has 128 valence electrons. The molecular weight excluding hydrogens is 300 g/mol. The third-order valence-corrected chi connectivity index (χ3v) is 4.31. The first-order valence-electron chi connectivity index (χ1n) is 8.76. The normalized spacial score (nSPS) is 10.8. The number of carbonyl (C=O) groups excluding carboxylic acids is 1. The van der Waals surface area contributed by atoms with Crippen LogP contribution in [0.1, 0.15) is 66.6 Å². The molecular formula is C21H26O3. The molecule has 2 aromatic carbocycles. The molecule has 0 fully saturated rings.